The van der Waals surface area contributed by atoms with Crippen LogP contribution >= 0.6 is 11.3 Å². The van der Waals surface area contributed by atoms with Crippen molar-refractivity contribution >= 4 is 11.3 Å². The van der Waals surface area contributed by atoms with Crippen molar-refractivity contribution in [1.29, 1.82) is 0 Å². The van der Waals surface area contributed by atoms with Crippen LogP contribution in [-0.2, 0) is 13.0 Å². The maximum atomic E-state index is 9.71. The predicted octanol–water partition coefficient (Wildman–Crippen LogP) is 5.75. The van der Waals surface area contributed by atoms with Gasteiger partial charge in [0.2, 0.25) is 0 Å². The maximum absolute atomic E-state index is 9.71. The van der Waals surface area contributed by atoms with Crippen LogP contribution in [0.15, 0.2) is 36.4 Å². The van der Waals surface area contributed by atoms with Crippen molar-refractivity contribution in [3.63, 3.8) is 0 Å². The molecule has 2 fully saturated rings. The molecule has 37 heavy (non-hydrogen) atoms. The summed E-state index contributed by atoms with van der Waals surface area (Å²) in [6.07, 6.45) is 6.54. The highest BCUT2D eigenvalue weighted by atomic mass is 32.1. The minimum atomic E-state index is -0.0413. The Morgan fingerprint density at radius 2 is 1.78 bits per heavy atom. The van der Waals surface area contributed by atoms with Gasteiger partial charge < -0.3 is 20.1 Å². The fourth-order valence-corrected chi connectivity index (χ4v) is 7.69. The first kappa shape index (κ1) is 25.1. The second-order valence-corrected chi connectivity index (χ2v) is 12.4. The maximum Gasteiger partial charge on any atom is 0.124 e. The zero-order chi connectivity index (χ0) is 25.4. The molecule has 6 rings (SSSR count). The molecular weight excluding hydrogens is 478 g/mol. The fraction of sp³-hybridized carbons (Fsp3) is 0.516. The number of ether oxygens (including phenoxy) is 1. The van der Waals surface area contributed by atoms with Crippen LogP contribution in [0, 0.1) is 19.3 Å². The van der Waals surface area contributed by atoms with Gasteiger partial charge in [0, 0.05) is 36.5 Å². The number of aromatic nitrogens is 1. The van der Waals surface area contributed by atoms with Crippen LogP contribution in [0.25, 0.3) is 21.7 Å². The summed E-state index contributed by atoms with van der Waals surface area (Å²) in [5.74, 6) is 0.985. The van der Waals surface area contributed by atoms with E-state index in [1.54, 1.807) is 0 Å². The lowest BCUT2D eigenvalue weighted by Gasteiger charge is -2.50. The predicted molar refractivity (Wildman–Crippen MR) is 151 cm³/mol. The highest BCUT2D eigenvalue weighted by Gasteiger charge is 2.44. The first-order valence-electron chi connectivity index (χ1n) is 13.9. The van der Waals surface area contributed by atoms with Crippen molar-refractivity contribution in [3.05, 3.63) is 58.1 Å². The number of benzene rings is 2. The smallest absolute Gasteiger partial charge is 0.124 e. The van der Waals surface area contributed by atoms with Gasteiger partial charge in [-0.05, 0) is 92.8 Å². The molecule has 1 saturated heterocycles. The summed E-state index contributed by atoms with van der Waals surface area (Å²) in [5, 5.41) is 14.3. The molecule has 3 aromatic rings. The largest absolute Gasteiger partial charge is 0.493 e. The van der Waals surface area contributed by atoms with E-state index in [1.165, 1.54) is 51.2 Å². The van der Waals surface area contributed by atoms with E-state index >= 15 is 0 Å². The van der Waals surface area contributed by atoms with E-state index in [4.69, 9.17) is 9.72 Å². The van der Waals surface area contributed by atoms with Crippen molar-refractivity contribution < 1.29 is 9.84 Å². The van der Waals surface area contributed by atoms with E-state index in [9.17, 15) is 5.11 Å². The molecule has 0 radical (unpaired) electrons. The summed E-state index contributed by atoms with van der Waals surface area (Å²) in [5.41, 5.74) is 7.94. The van der Waals surface area contributed by atoms with E-state index in [-0.39, 0.29) is 6.10 Å². The zero-order valence-electron chi connectivity index (χ0n) is 22.2. The Hall–Kier alpha value is -2.25. The van der Waals surface area contributed by atoms with Crippen molar-refractivity contribution in [2.75, 3.05) is 32.8 Å². The Labute approximate surface area is 224 Å². The molecule has 2 aliphatic heterocycles. The van der Waals surface area contributed by atoms with Gasteiger partial charge >= 0.3 is 0 Å². The summed E-state index contributed by atoms with van der Waals surface area (Å²) >= 11 is 1.83. The SMILES string of the molecule is Cc1c(OCCCN2CCC3(CC2)CC(O)C3)cccc1-c1cccc(-c2nc3c(s2)CNCC3)c1C. The third-order valence-corrected chi connectivity index (χ3v) is 10.0. The molecule has 6 heteroatoms. The first-order valence-corrected chi connectivity index (χ1v) is 14.8. The monoisotopic (exact) mass is 517 g/mol. The second kappa shape index (κ2) is 10.5. The quantitative estimate of drug-likeness (QED) is 0.391. The van der Waals surface area contributed by atoms with Gasteiger partial charge in [0.05, 0.1) is 18.4 Å². The number of nitrogens with one attached hydrogen (secondary N) is 1. The lowest BCUT2D eigenvalue weighted by atomic mass is 9.61. The Kier molecular flexibility index (Phi) is 7.10. The minimum Gasteiger partial charge on any atom is -0.493 e. The molecular formula is C31H39N3O2S. The van der Waals surface area contributed by atoms with Crippen LogP contribution in [0.3, 0.4) is 0 Å². The van der Waals surface area contributed by atoms with Gasteiger partial charge in [0.25, 0.3) is 0 Å². The third kappa shape index (κ3) is 5.09. The fourth-order valence-electron chi connectivity index (χ4n) is 6.53. The molecule has 1 spiro atoms. The Morgan fingerprint density at radius 1 is 1.05 bits per heavy atom. The van der Waals surface area contributed by atoms with Gasteiger partial charge in [-0.15, -0.1) is 11.3 Å². The summed E-state index contributed by atoms with van der Waals surface area (Å²) < 4.78 is 6.31. The number of aliphatic hydroxyl groups excluding tert-OH is 1. The van der Waals surface area contributed by atoms with Crippen LogP contribution < -0.4 is 10.1 Å². The summed E-state index contributed by atoms with van der Waals surface area (Å²) in [4.78, 5) is 8.95. The molecule has 3 aliphatic rings. The number of fused-ring (bicyclic) bond motifs is 1. The Morgan fingerprint density at radius 3 is 2.54 bits per heavy atom. The first-order chi connectivity index (χ1) is 18.0. The molecule has 1 aromatic heterocycles. The molecule has 1 aliphatic carbocycles. The number of piperidine rings is 1. The number of thiazole rings is 1. The van der Waals surface area contributed by atoms with Crippen LogP contribution in [0.2, 0.25) is 0 Å². The molecule has 2 N–H and O–H groups in total. The molecule has 3 heterocycles. The molecule has 0 unspecified atom stereocenters. The third-order valence-electron chi connectivity index (χ3n) is 8.87. The van der Waals surface area contributed by atoms with Crippen molar-refractivity contribution in [2.24, 2.45) is 5.41 Å². The highest BCUT2D eigenvalue weighted by molar-refractivity contribution is 7.15. The summed E-state index contributed by atoms with van der Waals surface area (Å²) in [6.45, 7) is 10.5. The Bertz CT molecular complexity index is 1230. The molecule has 196 valence electrons. The van der Waals surface area contributed by atoms with Crippen LogP contribution in [-0.4, -0.2) is 53.9 Å². The zero-order valence-corrected chi connectivity index (χ0v) is 23.0. The van der Waals surface area contributed by atoms with Crippen molar-refractivity contribution in [3.8, 4) is 27.4 Å². The van der Waals surface area contributed by atoms with Crippen LogP contribution in [0.1, 0.15) is 53.8 Å². The van der Waals surface area contributed by atoms with E-state index in [2.05, 4.69) is 60.5 Å². The minimum absolute atomic E-state index is 0.0413. The number of likely N-dealkylation sites (tertiary alicyclic amines) is 1. The van der Waals surface area contributed by atoms with E-state index in [1.807, 2.05) is 11.3 Å². The molecule has 0 amide bonds. The lowest BCUT2D eigenvalue weighted by molar-refractivity contribution is -0.0681. The van der Waals surface area contributed by atoms with Gasteiger partial charge in [-0.2, -0.15) is 0 Å². The van der Waals surface area contributed by atoms with E-state index < -0.39 is 0 Å². The second-order valence-electron chi connectivity index (χ2n) is 11.3. The highest BCUT2D eigenvalue weighted by Crippen LogP contribution is 2.49. The molecule has 0 bridgehead atoms. The average molecular weight is 518 g/mol. The molecule has 2 aromatic carbocycles. The average Bonchev–Trinajstić information content (AvgIpc) is 3.32. The Balaban J connectivity index is 1.10. The van der Waals surface area contributed by atoms with E-state index in [0.29, 0.717) is 5.41 Å². The van der Waals surface area contributed by atoms with E-state index in [0.717, 1.165) is 75.8 Å². The van der Waals surface area contributed by atoms with Gasteiger partial charge in [0.1, 0.15) is 10.8 Å². The van der Waals surface area contributed by atoms with Gasteiger partial charge in [-0.25, -0.2) is 4.98 Å². The number of hydrogen-bond acceptors (Lipinski definition) is 6. The number of aliphatic hydroxyl groups is 1. The number of hydrogen-bond donors (Lipinski definition) is 2. The number of rotatable bonds is 7. The van der Waals surface area contributed by atoms with Crippen molar-refractivity contribution in [1.82, 2.24) is 15.2 Å². The lowest BCUT2D eigenvalue weighted by Crippen LogP contribution is -2.49. The van der Waals surface area contributed by atoms with Crippen molar-refractivity contribution in [2.45, 2.75) is 65.0 Å². The molecule has 0 atom stereocenters. The van der Waals surface area contributed by atoms with Gasteiger partial charge in [-0.1, -0.05) is 30.3 Å². The molecule has 5 nitrogen and oxygen atoms in total. The van der Waals surface area contributed by atoms with Gasteiger partial charge in [-0.3, -0.25) is 0 Å². The van der Waals surface area contributed by atoms with Crippen LogP contribution in [0.5, 0.6) is 5.75 Å². The van der Waals surface area contributed by atoms with Gasteiger partial charge in [0.15, 0.2) is 0 Å². The number of nitrogens with zero attached hydrogens (tertiary/aromatic N) is 2. The topological polar surface area (TPSA) is 57.6 Å². The standard InChI is InChI=1S/C31H39N3O2S/c1-21-24(6-3-8-26(21)30-33-27-10-13-32-20-29(27)37-30)25-7-4-9-28(22(25)2)36-17-5-14-34-15-11-31(12-16-34)18-23(35)19-31/h3-4,6-9,23,32,35H,5,10-20H2,1-2H3. The normalized spacial score (nSPS) is 19.5. The molecule has 1 saturated carbocycles. The summed E-state index contributed by atoms with van der Waals surface area (Å²) in [7, 11) is 0. The summed E-state index contributed by atoms with van der Waals surface area (Å²) in [6, 6.07) is 13.0. The van der Waals surface area contributed by atoms with Crippen LogP contribution in [0.4, 0.5) is 0 Å².